The maximum Gasteiger partial charge on any atom is 0.257 e. The van der Waals surface area contributed by atoms with E-state index in [0.717, 1.165) is 5.56 Å². The third-order valence-corrected chi connectivity index (χ3v) is 3.65. The molecule has 0 heterocycles. The summed E-state index contributed by atoms with van der Waals surface area (Å²) in [6.07, 6.45) is 0. The van der Waals surface area contributed by atoms with E-state index >= 15 is 0 Å². The molecule has 0 saturated heterocycles. The van der Waals surface area contributed by atoms with E-state index in [1.807, 2.05) is 31.2 Å². The lowest BCUT2D eigenvalue weighted by molar-refractivity contribution is 0.587. The lowest BCUT2D eigenvalue weighted by atomic mass is 10.2. The smallest absolute Gasteiger partial charge is 0.257 e. The Labute approximate surface area is 107 Å². The van der Waals surface area contributed by atoms with Crippen molar-refractivity contribution in [2.45, 2.75) is 11.8 Å². The van der Waals surface area contributed by atoms with Crippen molar-refractivity contribution in [2.75, 3.05) is 5.43 Å². The van der Waals surface area contributed by atoms with Gasteiger partial charge in [-0.05, 0) is 36.8 Å². The van der Waals surface area contributed by atoms with Gasteiger partial charge >= 0.3 is 0 Å². The van der Waals surface area contributed by atoms with Gasteiger partial charge in [-0.3, -0.25) is 0 Å². The van der Waals surface area contributed by atoms with Gasteiger partial charge in [0, 0.05) is 5.69 Å². The SMILES string of the molecule is Cc1cccc(S(=O)(=O)NNc2ccccc2)c1. The van der Waals surface area contributed by atoms with E-state index in [9.17, 15) is 8.42 Å². The third kappa shape index (κ3) is 3.09. The van der Waals surface area contributed by atoms with Crippen LogP contribution in [0.4, 0.5) is 5.69 Å². The van der Waals surface area contributed by atoms with Crippen LogP contribution in [0.2, 0.25) is 0 Å². The maximum absolute atomic E-state index is 12.0. The molecule has 0 unspecified atom stereocenters. The monoisotopic (exact) mass is 262 g/mol. The molecule has 0 amide bonds. The summed E-state index contributed by atoms with van der Waals surface area (Å²) in [5.41, 5.74) is 4.25. The minimum atomic E-state index is -3.54. The van der Waals surface area contributed by atoms with Crippen LogP contribution in [-0.2, 0) is 10.0 Å². The van der Waals surface area contributed by atoms with Crippen molar-refractivity contribution in [1.29, 1.82) is 0 Å². The number of hydrogen-bond donors (Lipinski definition) is 2. The van der Waals surface area contributed by atoms with Crippen molar-refractivity contribution in [3.8, 4) is 0 Å². The summed E-state index contributed by atoms with van der Waals surface area (Å²) in [4.78, 5) is 2.58. The van der Waals surface area contributed by atoms with Gasteiger partial charge in [-0.25, -0.2) is 8.42 Å². The molecule has 2 aromatic rings. The van der Waals surface area contributed by atoms with E-state index < -0.39 is 10.0 Å². The summed E-state index contributed by atoms with van der Waals surface area (Å²) in [6, 6.07) is 15.8. The normalized spacial score (nSPS) is 11.2. The fraction of sp³-hybridized carbons (Fsp3) is 0.0769. The van der Waals surface area contributed by atoms with Crippen LogP contribution in [0.15, 0.2) is 59.5 Å². The quantitative estimate of drug-likeness (QED) is 0.831. The minimum absolute atomic E-state index is 0.242. The Morgan fingerprint density at radius 1 is 0.944 bits per heavy atom. The topological polar surface area (TPSA) is 58.2 Å². The van der Waals surface area contributed by atoms with Crippen LogP contribution < -0.4 is 10.3 Å². The Morgan fingerprint density at radius 3 is 2.33 bits per heavy atom. The molecule has 0 spiro atoms. The van der Waals surface area contributed by atoms with Crippen LogP contribution in [0.5, 0.6) is 0 Å². The van der Waals surface area contributed by atoms with Gasteiger partial charge in [0.15, 0.2) is 0 Å². The van der Waals surface area contributed by atoms with Crippen LogP contribution in [0, 0.1) is 6.92 Å². The third-order valence-electron chi connectivity index (χ3n) is 2.40. The van der Waals surface area contributed by atoms with Gasteiger partial charge in [0.05, 0.1) is 4.90 Å². The van der Waals surface area contributed by atoms with Gasteiger partial charge in [0.2, 0.25) is 0 Å². The number of nitrogens with one attached hydrogen (secondary N) is 2. The molecule has 0 atom stereocenters. The molecule has 94 valence electrons. The number of benzene rings is 2. The molecule has 0 aromatic heterocycles. The number of para-hydroxylation sites is 1. The predicted molar refractivity (Wildman–Crippen MR) is 71.6 cm³/mol. The first-order valence-electron chi connectivity index (χ1n) is 5.47. The lowest BCUT2D eigenvalue weighted by Gasteiger charge is -2.09. The fourth-order valence-electron chi connectivity index (χ4n) is 1.49. The van der Waals surface area contributed by atoms with Crippen molar-refractivity contribution in [2.24, 2.45) is 0 Å². The number of rotatable bonds is 4. The average Bonchev–Trinajstić information content (AvgIpc) is 2.38. The van der Waals surface area contributed by atoms with E-state index in [0.29, 0.717) is 5.69 Å². The number of aryl methyl sites for hydroxylation is 1. The Bertz CT molecular complexity index is 624. The van der Waals surface area contributed by atoms with Crippen molar-refractivity contribution < 1.29 is 8.42 Å². The summed E-state index contributed by atoms with van der Waals surface area (Å²) < 4.78 is 24.0. The molecular formula is C13H14N2O2S. The molecule has 5 heteroatoms. The second kappa shape index (κ2) is 5.20. The molecule has 0 fully saturated rings. The van der Waals surface area contributed by atoms with E-state index in [-0.39, 0.29) is 4.90 Å². The van der Waals surface area contributed by atoms with E-state index in [2.05, 4.69) is 10.3 Å². The summed E-state index contributed by atoms with van der Waals surface area (Å²) in [6.45, 7) is 1.85. The molecule has 0 aliphatic carbocycles. The van der Waals surface area contributed by atoms with Crippen molar-refractivity contribution >= 4 is 15.7 Å². The molecule has 2 rings (SSSR count). The average molecular weight is 262 g/mol. The molecule has 0 aliphatic heterocycles. The first-order chi connectivity index (χ1) is 8.58. The Kier molecular flexibility index (Phi) is 3.64. The molecule has 18 heavy (non-hydrogen) atoms. The van der Waals surface area contributed by atoms with Crippen LogP contribution in [0.1, 0.15) is 5.56 Å². The number of hydrazine groups is 1. The lowest BCUT2D eigenvalue weighted by Crippen LogP contribution is -2.29. The summed E-state index contributed by atoms with van der Waals surface area (Å²) in [5, 5.41) is 0. The van der Waals surface area contributed by atoms with Crippen molar-refractivity contribution in [3.05, 3.63) is 60.2 Å². The fourth-order valence-corrected chi connectivity index (χ4v) is 2.46. The standard InChI is InChI=1S/C13H14N2O2S/c1-11-6-5-9-13(10-11)18(16,17)15-14-12-7-3-2-4-8-12/h2-10,14-15H,1H3. The van der Waals surface area contributed by atoms with Crippen LogP contribution >= 0.6 is 0 Å². The van der Waals surface area contributed by atoms with Crippen LogP contribution in [0.25, 0.3) is 0 Å². The van der Waals surface area contributed by atoms with Crippen molar-refractivity contribution in [1.82, 2.24) is 4.83 Å². The molecule has 0 saturated carbocycles. The predicted octanol–water partition coefficient (Wildman–Crippen LogP) is 2.30. The van der Waals surface area contributed by atoms with Gasteiger partial charge in [-0.15, -0.1) is 4.83 Å². The van der Waals surface area contributed by atoms with Gasteiger partial charge in [-0.2, -0.15) is 0 Å². The van der Waals surface area contributed by atoms with Gasteiger partial charge in [0.25, 0.3) is 10.0 Å². The van der Waals surface area contributed by atoms with Gasteiger partial charge in [0.1, 0.15) is 0 Å². The highest BCUT2D eigenvalue weighted by molar-refractivity contribution is 7.89. The minimum Gasteiger partial charge on any atom is -0.308 e. The molecule has 0 radical (unpaired) electrons. The largest absolute Gasteiger partial charge is 0.308 e. The number of anilines is 1. The molecule has 0 bridgehead atoms. The zero-order valence-corrected chi connectivity index (χ0v) is 10.7. The zero-order chi connectivity index (χ0) is 13.0. The molecule has 2 N–H and O–H groups in total. The van der Waals surface area contributed by atoms with Crippen LogP contribution in [-0.4, -0.2) is 8.42 Å². The van der Waals surface area contributed by atoms with Crippen LogP contribution in [0.3, 0.4) is 0 Å². The van der Waals surface area contributed by atoms with Crippen molar-refractivity contribution in [3.63, 3.8) is 0 Å². The van der Waals surface area contributed by atoms with Gasteiger partial charge in [-0.1, -0.05) is 30.3 Å². The molecule has 0 aliphatic rings. The zero-order valence-electron chi connectivity index (χ0n) is 9.92. The highest BCUT2D eigenvalue weighted by atomic mass is 32.2. The molecule has 4 nitrogen and oxygen atoms in total. The Hall–Kier alpha value is -1.85. The first kappa shape index (κ1) is 12.6. The highest BCUT2D eigenvalue weighted by Gasteiger charge is 2.13. The molecule has 2 aromatic carbocycles. The highest BCUT2D eigenvalue weighted by Crippen LogP contribution is 2.11. The Morgan fingerprint density at radius 2 is 1.67 bits per heavy atom. The molecular weight excluding hydrogens is 248 g/mol. The first-order valence-corrected chi connectivity index (χ1v) is 6.96. The summed E-state index contributed by atoms with van der Waals surface area (Å²) in [7, 11) is -3.54. The maximum atomic E-state index is 12.0. The Balaban J connectivity index is 2.13. The second-order valence-corrected chi connectivity index (χ2v) is 5.60. The summed E-state index contributed by atoms with van der Waals surface area (Å²) in [5.74, 6) is 0. The van der Waals surface area contributed by atoms with E-state index in [4.69, 9.17) is 0 Å². The summed E-state index contributed by atoms with van der Waals surface area (Å²) >= 11 is 0. The van der Waals surface area contributed by atoms with E-state index in [1.165, 1.54) is 0 Å². The number of sulfonamides is 1. The van der Waals surface area contributed by atoms with E-state index in [1.54, 1.807) is 30.3 Å². The van der Waals surface area contributed by atoms with Gasteiger partial charge < -0.3 is 5.43 Å². The number of hydrogen-bond acceptors (Lipinski definition) is 3. The second-order valence-electron chi connectivity index (χ2n) is 3.91.